The average Bonchev–Trinajstić information content (AvgIpc) is 2.18. The molecule has 0 fully saturated rings. The van der Waals surface area contributed by atoms with Crippen molar-refractivity contribution in [3.05, 3.63) is 0 Å². The fourth-order valence-electron chi connectivity index (χ4n) is 1.26. The van der Waals surface area contributed by atoms with E-state index < -0.39 is 17.3 Å². The van der Waals surface area contributed by atoms with Gasteiger partial charge in [-0.1, -0.05) is 0 Å². The maximum absolute atomic E-state index is 11.4. The van der Waals surface area contributed by atoms with E-state index in [1.165, 1.54) is 0 Å². The number of nitrogens with one attached hydrogen (secondary N) is 1. The summed E-state index contributed by atoms with van der Waals surface area (Å²) in [5, 5.41) is 2.31. The number of carbonyl (C=O) groups excluding carboxylic acids is 2. The van der Waals surface area contributed by atoms with Gasteiger partial charge in [-0.3, -0.25) is 15.1 Å². The number of aliphatic imine (C=N–C) groups is 1. The number of esters is 1. The van der Waals surface area contributed by atoms with Gasteiger partial charge >= 0.3 is 12.1 Å². The molecule has 0 unspecified atom stereocenters. The van der Waals surface area contributed by atoms with E-state index in [1.807, 2.05) is 20.8 Å². The Labute approximate surface area is 126 Å². The number of amides is 1. The first-order chi connectivity index (χ1) is 9.39. The normalized spacial score (nSPS) is 12.8. The zero-order valence-electron chi connectivity index (χ0n) is 13.8. The Balaban J connectivity index is 3.98. The fraction of sp³-hybridized carbons (Fsp3) is 0.786. The summed E-state index contributed by atoms with van der Waals surface area (Å²) < 4.78 is 10.2. The second-order valence-electron chi connectivity index (χ2n) is 6.58. The van der Waals surface area contributed by atoms with Gasteiger partial charge in [0, 0.05) is 13.0 Å². The topological polar surface area (TPSA) is 103 Å². The van der Waals surface area contributed by atoms with Crippen LogP contribution in [0, 0.1) is 0 Å². The number of nitrogens with zero attached hydrogens (tertiary/aromatic N) is 1. The van der Waals surface area contributed by atoms with Crippen LogP contribution in [0.25, 0.3) is 0 Å². The number of hydrogen-bond acceptors (Lipinski definition) is 5. The van der Waals surface area contributed by atoms with Gasteiger partial charge < -0.3 is 15.2 Å². The molecule has 0 aliphatic heterocycles. The summed E-state index contributed by atoms with van der Waals surface area (Å²) in [7, 11) is 0. The number of nitrogens with two attached hydrogens (primary N) is 1. The minimum Gasteiger partial charge on any atom is -0.460 e. The molecular formula is C14H27N3O4. The molecule has 3 N–H and O–H groups in total. The average molecular weight is 301 g/mol. The van der Waals surface area contributed by atoms with E-state index in [9.17, 15) is 9.59 Å². The highest BCUT2D eigenvalue weighted by molar-refractivity contribution is 5.92. The first kappa shape index (κ1) is 19.2. The molecule has 0 aliphatic rings. The molecule has 0 atom stereocenters. The Bertz CT molecular complexity index is 392. The summed E-state index contributed by atoms with van der Waals surface area (Å²) in [6, 6.07) is 0. The van der Waals surface area contributed by atoms with Crippen LogP contribution in [-0.4, -0.2) is 35.8 Å². The van der Waals surface area contributed by atoms with Crippen LogP contribution in [0.4, 0.5) is 4.79 Å². The zero-order chi connectivity index (χ0) is 16.7. The molecule has 0 radical (unpaired) electrons. The summed E-state index contributed by atoms with van der Waals surface area (Å²) in [5.74, 6) is -0.315. The molecule has 7 nitrogen and oxygen atoms in total. The van der Waals surface area contributed by atoms with Crippen LogP contribution in [0.15, 0.2) is 4.99 Å². The molecule has 21 heavy (non-hydrogen) atoms. The van der Waals surface area contributed by atoms with Gasteiger partial charge in [0.05, 0.1) is 0 Å². The van der Waals surface area contributed by atoms with E-state index in [2.05, 4.69) is 10.3 Å². The Kier molecular flexibility index (Phi) is 7.18. The molecule has 0 heterocycles. The third kappa shape index (κ3) is 13.0. The Morgan fingerprint density at radius 3 is 2.05 bits per heavy atom. The highest BCUT2D eigenvalue weighted by atomic mass is 16.6. The van der Waals surface area contributed by atoms with Gasteiger partial charge in [-0.15, -0.1) is 0 Å². The van der Waals surface area contributed by atoms with Gasteiger partial charge in [0.1, 0.15) is 11.2 Å². The molecule has 122 valence electrons. The maximum Gasteiger partial charge on any atom is 0.414 e. The van der Waals surface area contributed by atoms with E-state index >= 15 is 0 Å². The number of carbonyl (C=O) groups is 2. The summed E-state index contributed by atoms with van der Waals surface area (Å²) in [6.45, 7) is 11.0. The smallest absolute Gasteiger partial charge is 0.414 e. The van der Waals surface area contributed by atoms with Crippen molar-refractivity contribution < 1.29 is 19.1 Å². The molecule has 7 heteroatoms. The van der Waals surface area contributed by atoms with Crippen LogP contribution in [0.5, 0.6) is 0 Å². The van der Waals surface area contributed by atoms with Gasteiger partial charge in [-0.2, -0.15) is 0 Å². The molecule has 0 rings (SSSR count). The Morgan fingerprint density at radius 1 is 1.05 bits per heavy atom. The van der Waals surface area contributed by atoms with Crippen LogP contribution in [0.1, 0.15) is 54.4 Å². The summed E-state index contributed by atoms with van der Waals surface area (Å²) in [6.07, 6.45) is 0.0856. The monoisotopic (exact) mass is 301 g/mol. The van der Waals surface area contributed by atoms with E-state index in [0.717, 1.165) is 0 Å². The van der Waals surface area contributed by atoms with Crippen LogP contribution in [0.2, 0.25) is 0 Å². The van der Waals surface area contributed by atoms with Crippen molar-refractivity contribution in [3.8, 4) is 0 Å². The first-order valence-electron chi connectivity index (χ1n) is 6.91. The van der Waals surface area contributed by atoms with Crippen molar-refractivity contribution in [1.82, 2.24) is 5.32 Å². The summed E-state index contributed by atoms with van der Waals surface area (Å²) in [5.41, 5.74) is 4.45. The minimum absolute atomic E-state index is 0.0339. The fourth-order valence-corrected chi connectivity index (χ4v) is 1.26. The second-order valence-corrected chi connectivity index (χ2v) is 6.58. The molecule has 0 bridgehead atoms. The molecule has 0 aromatic carbocycles. The van der Waals surface area contributed by atoms with Gasteiger partial charge in [0.15, 0.2) is 5.96 Å². The predicted molar refractivity (Wildman–Crippen MR) is 80.9 cm³/mol. The largest absolute Gasteiger partial charge is 0.460 e. The molecule has 0 saturated carbocycles. The maximum atomic E-state index is 11.4. The Hall–Kier alpha value is -1.79. The van der Waals surface area contributed by atoms with Crippen molar-refractivity contribution >= 4 is 18.0 Å². The molecular weight excluding hydrogens is 274 g/mol. The van der Waals surface area contributed by atoms with Crippen LogP contribution < -0.4 is 11.1 Å². The van der Waals surface area contributed by atoms with E-state index in [0.29, 0.717) is 13.0 Å². The van der Waals surface area contributed by atoms with Gasteiger partial charge in [0.25, 0.3) is 0 Å². The van der Waals surface area contributed by atoms with E-state index in [1.54, 1.807) is 20.8 Å². The number of hydrogen-bond donors (Lipinski definition) is 2. The third-order valence-corrected chi connectivity index (χ3v) is 1.87. The highest BCUT2D eigenvalue weighted by Gasteiger charge is 2.17. The van der Waals surface area contributed by atoms with Gasteiger partial charge in [-0.05, 0) is 48.0 Å². The SMILES string of the molecule is CC(C)(C)OC(=O)CCCN=C(N)NC(=O)OC(C)(C)C. The lowest BCUT2D eigenvalue weighted by Gasteiger charge is -2.19. The van der Waals surface area contributed by atoms with Gasteiger partial charge in [-0.25, -0.2) is 4.79 Å². The van der Waals surface area contributed by atoms with Crippen LogP contribution in [0.3, 0.4) is 0 Å². The predicted octanol–water partition coefficient (Wildman–Crippen LogP) is 1.95. The lowest BCUT2D eigenvalue weighted by atomic mass is 10.2. The molecule has 0 spiro atoms. The molecule has 0 aromatic rings. The van der Waals surface area contributed by atoms with E-state index in [-0.39, 0.29) is 18.3 Å². The van der Waals surface area contributed by atoms with Crippen molar-refractivity contribution in [1.29, 1.82) is 0 Å². The van der Waals surface area contributed by atoms with Crippen molar-refractivity contribution in [2.45, 2.75) is 65.6 Å². The number of alkyl carbamates (subject to hydrolysis) is 1. The zero-order valence-corrected chi connectivity index (χ0v) is 13.8. The Morgan fingerprint density at radius 2 is 1.57 bits per heavy atom. The quantitative estimate of drug-likeness (QED) is 0.357. The van der Waals surface area contributed by atoms with Crippen molar-refractivity contribution in [2.75, 3.05) is 6.54 Å². The lowest BCUT2D eigenvalue weighted by molar-refractivity contribution is -0.154. The third-order valence-electron chi connectivity index (χ3n) is 1.87. The molecule has 1 amide bonds. The van der Waals surface area contributed by atoms with Crippen LogP contribution >= 0.6 is 0 Å². The van der Waals surface area contributed by atoms with Gasteiger partial charge in [0.2, 0.25) is 0 Å². The van der Waals surface area contributed by atoms with Crippen LogP contribution in [-0.2, 0) is 14.3 Å². The van der Waals surface area contributed by atoms with Crippen molar-refractivity contribution in [3.63, 3.8) is 0 Å². The second kappa shape index (κ2) is 7.85. The standard InChI is InChI=1S/C14H27N3O4/c1-13(2,3)20-10(18)8-7-9-16-11(15)17-12(19)21-14(4,5)6/h7-9H2,1-6H3,(H3,15,16,17,19). The van der Waals surface area contributed by atoms with Crippen molar-refractivity contribution in [2.24, 2.45) is 10.7 Å². The first-order valence-corrected chi connectivity index (χ1v) is 6.91. The molecule has 0 aliphatic carbocycles. The minimum atomic E-state index is -0.657. The lowest BCUT2D eigenvalue weighted by Crippen LogP contribution is -2.40. The molecule has 0 aromatic heterocycles. The highest BCUT2D eigenvalue weighted by Crippen LogP contribution is 2.09. The number of guanidine groups is 1. The number of ether oxygens (including phenoxy) is 2. The summed E-state index contributed by atoms with van der Waals surface area (Å²) >= 11 is 0. The summed E-state index contributed by atoms with van der Waals surface area (Å²) in [4.78, 5) is 26.8. The van der Waals surface area contributed by atoms with E-state index in [4.69, 9.17) is 15.2 Å². The molecule has 0 saturated heterocycles. The number of rotatable bonds is 4.